The largest absolute Gasteiger partial charge is 0.352 e. The maximum atomic E-state index is 11.7. The number of amides is 1. The van der Waals surface area contributed by atoms with Crippen LogP contribution < -0.4 is 5.32 Å². The smallest absolute Gasteiger partial charge is 0.234 e. The zero-order chi connectivity index (χ0) is 13.7. The second-order valence-corrected chi connectivity index (χ2v) is 5.87. The predicted molar refractivity (Wildman–Crippen MR) is 78.0 cm³/mol. The van der Waals surface area contributed by atoms with Gasteiger partial charge in [-0.1, -0.05) is 30.3 Å². The fraction of sp³-hybridized carbons (Fsp3) is 0.562. The number of carbonyl (C=O) groups is 1. The van der Waals surface area contributed by atoms with Gasteiger partial charge in [-0.25, -0.2) is 0 Å². The van der Waals surface area contributed by atoms with Gasteiger partial charge in [-0.15, -0.1) is 0 Å². The summed E-state index contributed by atoms with van der Waals surface area (Å²) in [5, 5.41) is 3.15. The lowest BCUT2D eigenvalue weighted by atomic mass is 9.98. The normalized spacial score (nSPS) is 22.7. The third kappa shape index (κ3) is 4.67. The molecule has 0 bridgehead atoms. The third-order valence-electron chi connectivity index (χ3n) is 3.73. The molecule has 0 unspecified atom stereocenters. The Kier molecular flexibility index (Phi) is 4.97. The van der Waals surface area contributed by atoms with E-state index in [1.807, 2.05) is 19.0 Å². The van der Waals surface area contributed by atoms with Crippen LogP contribution in [0.3, 0.4) is 0 Å². The van der Waals surface area contributed by atoms with Crippen LogP contribution in [0.1, 0.15) is 24.8 Å². The van der Waals surface area contributed by atoms with Gasteiger partial charge in [0.25, 0.3) is 0 Å². The van der Waals surface area contributed by atoms with Crippen LogP contribution in [0.15, 0.2) is 30.3 Å². The summed E-state index contributed by atoms with van der Waals surface area (Å²) in [7, 11) is 3.85. The van der Waals surface area contributed by atoms with Crippen LogP contribution in [0.4, 0.5) is 0 Å². The maximum absolute atomic E-state index is 11.7. The van der Waals surface area contributed by atoms with E-state index in [-0.39, 0.29) is 5.91 Å². The van der Waals surface area contributed by atoms with Gasteiger partial charge in [0.15, 0.2) is 0 Å². The molecular weight excluding hydrogens is 236 g/mol. The zero-order valence-corrected chi connectivity index (χ0v) is 11.9. The summed E-state index contributed by atoms with van der Waals surface area (Å²) in [5.41, 5.74) is 1.41. The molecule has 0 aromatic heterocycles. The van der Waals surface area contributed by atoms with Crippen LogP contribution >= 0.6 is 0 Å². The average molecular weight is 260 g/mol. The summed E-state index contributed by atoms with van der Waals surface area (Å²) in [5.74, 6) is 0.863. The number of likely N-dealkylation sites (N-methyl/N-ethyl adjacent to an activating group) is 1. The molecule has 104 valence electrons. The Balaban J connectivity index is 1.76. The molecule has 2 atom stereocenters. The highest BCUT2D eigenvalue weighted by molar-refractivity contribution is 5.78. The van der Waals surface area contributed by atoms with E-state index >= 15 is 0 Å². The second-order valence-electron chi connectivity index (χ2n) is 5.87. The topological polar surface area (TPSA) is 32.3 Å². The molecule has 1 aromatic rings. The summed E-state index contributed by atoms with van der Waals surface area (Å²) in [6.45, 7) is 0.486. The molecule has 2 rings (SSSR count). The molecule has 1 aliphatic rings. The highest BCUT2D eigenvalue weighted by Gasteiger charge is 2.25. The van der Waals surface area contributed by atoms with Crippen molar-refractivity contribution in [1.29, 1.82) is 0 Å². The molecule has 19 heavy (non-hydrogen) atoms. The van der Waals surface area contributed by atoms with Gasteiger partial charge in [-0.3, -0.25) is 4.79 Å². The minimum Gasteiger partial charge on any atom is -0.352 e. The lowest BCUT2D eigenvalue weighted by Gasteiger charge is -2.15. The summed E-state index contributed by atoms with van der Waals surface area (Å²) in [6, 6.07) is 11.0. The molecule has 3 nitrogen and oxygen atoms in total. The predicted octanol–water partition coefficient (Wildman–Crippen LogP) is 2.08. The summed E-state index contributed by atoms with van der Waals surface area (Å²) in [6.07, 6.45) is 4.60. The van der Waals surface area contributed by atoms with E-state index in [0.717, 1.165) is 19.3 Å². The van der Waals surface area contributed by atoms with E-state index in [2.05, 4.69) is 35.6 Å². The van der Waals surface area contributed by atoms with Crippen LogP contribution in [0.2, 0.25) is 0 Å². The van der Waals surface area contributed by atoms with Crippen molar-refractivity contribution in [1.82, 2.24) is 10.2 Å². The Hall–Kier alpha value is -1.35. The van der Waals surface area contributed by atoms with Gasteiger partial charge in [-0.05, 0) is 51.3 Å². The molecule has 3 heteroatoms. The van der Waals surface area contributed by atoms with Crippen molar-refractivity contribution in [2.45, 2.75) is 31.7 Å². The lowest BCUT2D eigenvalue weighted by Crippen LogP contribution is -2.38. The van der Waals surface area contributed by atoms with Crippen molar-refractivity contribution >= 4 is 5.91 Å². The van der Waals surface area contributed by atoms with Crippen molar-refractivity contribution in [2.75, 3.05) is 20.6 Å². The number of hydrogen-bond acceptors (Lipinski definition) is 2. The van der Waals surface area contributed by atoms with Crippen LogP contribution in [0.5, 0.6) is 0 Å². The first-order valence-electron chi connectivity index (χ1n) is 7.11. The Morgan fingerprint density at radius 3 is 2.68 bits per heavy atom. The summed E-state index contributed by atoms with van der Waals surface area (Å²) in [4.78, 5) is 13.6. The average Bonchev–Trinajstić information content (AvgIpc) is 2.76. The summed E-state index contributed by atoms with van der Waals surface area (Å²) < 4.78 is 0. The quantitative estimate of drug-likeness (QED) is 0.879. The molecule has 0 radical (unpaired) electrons. The van der Waals surface area contributed by atoms with Gasteiger partial charge in [-0.2, -0.15) is 0 Å². The van der Waals surface area contributed by atoms with Crippen LogP contribution in [-0.4, -0.2) is 37.5 Å². The Morgan fingerprint density at radius 2 is 2.00 bits per heavy atom. The SMILES string of the molecule is CN(C)CC(=O)N[C@H]1CC[C@H](Cc2ccccc2)C1. The van der Waals surface area contributed by atoms with E-state index in [4.69, 9.17) is 0 Å². The van der Waals surface area contributed by atoms with E-state index in [0.29, 0.717) is 18.5 Å². The zero-order valence-electron chi connectivity index (χ0n) is 11.9. The van der Waals surface area contributed by atoms with Crippen molar-refractivity contribution in [2.24, 2.45) is 5.92 Å². The first kappa shape index (κ1) is 14.1. The molecule has 0 spiro atoms. The first-order chi connectivity index (χ1) is 9.13. The molecule has 1 aliphatic carbocycles. The van der Waals surface area contributed by atoms with Crippen molar-refractivity contribution in [3.05, 3.63) is 35.9 Å². The van der Waals surface area contributed by atoms with Crippen molar-refractivity contribution in [3.63, 3.8) is 0 Å². The van der Waals surface area contributed by atoms with Gasteiger partial charge < -0.3 is 10.2 Å². The van der Waals surface area contributed by atoms with Crippen molar-refractivity contribution in [3.8, 4) is 0 Å². The number of nitrogens with one attached hydrogen (secondary N) is 1. The van der Waals surface area contributed by atoms with Crippen LogP contribution in [-0.2, 0) is 11.2 Å². The number of benzene rings is 1. The number of nitrogens with zero attached hydrogens (tertiary/aromatic N) is 1. The highest BCUT2D eigenvalue weighted by Crippen LogP contribution is 2.28. The molecule has 1 fully saturated rings. The second kappa shape index (κ2) is 6.71. The van der Waals surface area contributed by atoms with Gasteiger partial charge in [0.2, 0.25) is 5.91 Å². The lowest BCUT2D eigenvalue weighted by molar-refractivity contribution is -0.122. The van der Waals surface area contributed by atoms with E-state index < -0.39 is 0 Å². The van der Waals surface area contributed by atoms with Gasteiger partial charge in [0.05, 0.1) is 6.54 Å². The van der Waals surface area contributed by atoms with Crippen LogP contribution in [0, 0.1) is 5.92 Å². The van der Waals surface area contributed by atoms with Gasteiger partial charge in [0.1, 0.15) is 0 Å². The minimum absolute atomic E-state index is 0.148. The van der Waals surface area contributed by atoms with E-state index in [1.165, 1.54) is 12.0 Å². The number of carbonyl (C=O) groups excluding carboxylic acids is 1. The highest BCUT2D eigenvalue weighted by atomic mass is 16.2. The Morgan fingerprint density at radius 1 is 1.26 bits per heavy atom. The maximum Gasteiger partial charge on any atom is 0.234 e. The summed E-state index contributed by atoms with van der Waals surface area (Å²) >= 11 is 0. The molecule has 0 saturated heterocycles. The minimum atomic E-state index is 0.148. The fourth-order valence-corrected chi connectivity index (χ4v) is 2.90. The number of rotatable bonds is 5. The van der Waals surface area contributed by atoms with E-state index in [9.17, 15) is 4.79 Å². The van der Waals surface area contributed by atoms with Crippen molar-refractivity contribution < 1.29 is 4.79 Å². The monoisotopic (exact) mass is 260 g/mol. The fourth-order valence-electron chi connectivity index (χ4n) is 2.90. The molecular formula is C16H24N2O. The molecule has 1 aromatic carbocycles. The van der Waals surface area contributed by atoms with Crippen LogP contribution in [0.25, 0.3) is 0 Å². The standard InChI is InChI=1S/C16H24N2O/c1-18(2)12-16(19)17-15-9-8-14(11-15)10-13-6-4-3-5-7-13/h3-7,14-15H,8-12H2,1-2H3,(H,17,19)/t14-,15+/m1/s1. The molecule has 0 heterocycles. The van der Waals surface area contributed by atoms with Gasteiger partial charge >= 0.3 is 0 Å². The Labute approximate surface area is 116 Å². The molecule has 0 aliphatic heterocycles. The van der Waals surface area contributed by atoms with Gasteiger partial charge in [0, 0.05) is 6.04 Å². The third-order valence-corrected chi connectivity index (χ3v) is 3.73. The first-order valence-corrected chi connectivity index (χ1v) is 7.11. The van der Waals surface area contributed by atoms with E-state index in [1.54, 1.807) is 0 Å². The molecule has 1 N–H and O–H groups in total. The molecule has 1 saturated carbocycles. The Bertz CT molecular complexity index is 402. The number of hydrogen-bond donors (Lipinski definition) is 1. The molecule has 1 amide bonds.